The Morgan fingerprint density at radius 3 is 2.05 bits per heavy atom. The van der Waals surface area contributed by atoms with Crippen molar-refractivity contribution in [3.05, 3.63) is 96.1 Å². The Bertz CT molecular complexity index is 1330. The topological polar surface area (TPSA) is 84.4 Å². The fourth-order valence-corrected chi connectivity index (χ4v) is 6.42. The van der Waals surface area contributed by atoms with Crippen LogP contribution in [0.4, 0.5) is 21.0 Å². The molecule has 3 aromatic carbocycles. The van der Waals surface area contributed by atoms with Crippen molar-refractivity contribution in [1.82, 2.24) is 14.7 Å². The number of piperazine rings is 1. The number of urea groups is 2. The third kappa shape index (κ3) is 4.60. The number of aliphatic carboxylic acids is 1. The summed E-state index contributed by atoms with van der Waals surface area (Å²) < 4.78 is 0. The molecule has 0 radical (unpaired) electrons. The van der Waals surface area contributed by atoms with Crippen LogP contribution in [-0.4, -0.2) is 69.1 Å². The summed E-state index contributed by atoms with van der Waals surface area (Å²) in [7, 11) is 0. The number of benzene rings is 3. The van der Waals surface area contributed by atoms with Crippen molar-refractivity contribution in [3.63, 3.8) is 0 Å². The minimum absolute atomic E-state index is 0.125. The average Bonchev–Trinajstić information content (AvgIpc) is 2.97. The van der Waals surface area contributed by atoms with Crippen molar-refractivity contribution in [2.75, 3.05) is 18.0 Å². The molecule has 6 rings (SSSR count). The van der Waals surface area contributed by atoms with Crippen molar-refractivity contribution >= 4 is 29.4 Å². The molecule has 2 fully saturated rings. The highest BCUT2D eigenvalue weighted by Gasteiger charge is 2.52. The van der Waals surface area contributed by atoms with E-state index >= 15 is 0 Å². The van der Waals surface area contributed by atoms with Crippen LogP contribution in [0.1, 0.15) is 30.4 Å². The number of anilines is 2. The summed E-state index contributed by atoms with van der Waals surface area (Å²) in [5, 5.41) is 10.5. The highest BCUT2D eigenvalue weighted by atomic mass is 16.4. The molecule has 39 heavy (non-hydrogen) atoms. The normalized spacial score (nSPS) is 22.2. The monoisotopic (exact) mass is 524 g/mol. The molecule has 3 heterocycles. The molecule has 3 aromatic rings. The minimum atomic E-state index is -1.13. The largest absolute Gasteiger partial charge is 0.480 e. The number of rotatable bonds is 3. The van der Waals surface area contributed by atoms with E-state index in [1.54, 1.807) is 9.80 Å². The number of likely N-dealkylation sites (tertiary alicyclic amines) is 1. The molecule has 0 unspecified atom stereocenters. The van der Waals surface area contributed by atoms with E-state index in [2.05, 4.69) is 6.07 Å². The number of piperidine rings is 1. The third-order valence-corrected chi connectivity index (χ3v) is 8.24. The van der Waals surface area contributed by atoms with Crippen molar-refractivity contribution in [3.8, 4) is 0 Å². The second kappa shape index (κ2) is 10.4. The van der Waals surface area contributed by atoms with Gasteiger partial charge in [-0.15, -0.1) is 0 Å². The van der Waals surface area contributed by atoms with Crippen LogP contribution in [0, 0.1) is 0 Å². The van der Waals surface area contributed by atoms with E-state index in [0.717, 1.165) is 24.8 Å². The zero-order valence-corrected chi connectivity index (χ0v) is 21.7. The van der Waals surface area contributed by atoms with E-state index in [1.807, 2.05) is 83.8 Å². The first-order valence-corrected chi connectivity index (χ1v) is 13.6. The molecule has 8 heteroatoms. The maximum absolute atomic E-state index is 14.2. The molecular weight excluding hydrogens is 492 g/mol. The summed E-state index contributed by atoms with van der Waals surface area (Å²) in [6.07, 6.45) is 2.89. The fourth-order valence-electron chi connectivity index (χ4n) is 6.42. The Labute approximate surface area is 228 Å². The number of fused-ring (bicyclic) bond motifs is 3. The van der Waals surface area contributed by atoms with Crippen LogP contribution in [0.15, 0.2) is 84.9 Å². The van der Waals surface area contributed by atoms with Crippen molar-refractivity contribution in [2.24, 2.45) is 0 Å². The van der Waals surface area contributed by atoms with Crippen LogP contribution in [0.25, 0.3) is 0 Å². The van der Waals surface area contributed by atoms with Gasteiger partial charge in [-0.1, -0.05) is 60.7 Å². The van der Waals surface area contributed by atoms with Gasteiger partial charge in [-0.2, -0.15) is 0 Å². The number of hydrogen-bond acceptors (Lipinski definition) is 3. The lowest BCUT2D eigenvalue weighted by Crippen LogP contribution is -2.72. The summed E-state index contributed by atoms with van der Waals surface area (Å²) in [5.74, 6) is -1.09. The van der Waals surface area contributed by atoms with Gasteiger partial charge in [-0.25, -0.2) is 14.4 Å². The number of carboxylic acid groups (broad SMARTS) is 1. The summed E-state index contributed by atoms with van der Waals surface area (Å²) in [4.78, 5) is 47.7. The first-order valence-electron chi connectivity index (χ1n) is 13.6. The number of para-hydroxylation sites is 2. The van der Waals surface area contributed by atoms with Gasteiger partial charge < -0.3 is 19.8 Å². The van der Waals surface area contributed by atoms with Gasteiger partial charge in [0.25, 0.3) is 0 Å². The Balaban J connectivity index is 1.32. The number of carbonyl (C=O) groups is 3. The first-order chi connectivity index (χ1) is 19.0. The maximum atomic E-state index is 14.2. The molecule has 0 spiro atoms. The van der Waals surface area contributed by atoms with Gasteiger partial charge in [0, 0.05) is 19.6 Å². The number of carboxylic acids is 1. The van der Waals surface area contributed by atoms with E-state index in [4.69, 9.17) is 0 Å². The summed E-state index contributed by atoms with van der Waals surface area (Å²) in [6, 6.07) is 24.2. The van der Waals surface area contributed by atoms with E-state index in [9.17, 15) is 19.5 Å². The summed E-state index contributed by atoms with van der Waals surface area (Å²) >= 11 is 0. The van der Waals surface area contributed by atoms with Gasteiger partial charge in [0.05, 0.1) is 23.5 Å². The lowest BCUT2D eigenvalue weighted by Gasteiger charge is -2.54. The molecule has 0 aliphatic carbocycles. The zero-order valence-electron chi connectivity index (χ0n) is 21.7. The Morgan fingerprint density at radius 1 is 0.795 bits per heavy atom. The minimum Gasteiger partial charge on any atom is -0.480 e. The van der Waals surface area contributed by atoms with Crippen LogP contribution in [0.2, 0.25) is 0 Å². The predicted octanol–water partition coefficient (Wildman–Crippen LogP) is 5.11. The molecule has 0 saturated carbocycles. The Kier molecular flexibility index (Phi) is 6.69. The average molecular weight is 525 g/mol. The SMILES string of the molecule is O=C(O)[C@@H]1[C@H]2CCC[C@@H](CN1C(=O)N(c1ccccc1)c1ccccc1)N2C(=O)N1CCc2ccccc2C1. The van der Waals surface area contributed by atoms with Crippen LogP contribution in [0.5, 0.6) is 0 Å². The second-order valence-corrected chi connectivity index (χ2v) is 10.5. The highest BCUT2D eigenvalue weighted by molar-refractivity contribution is 6.01. The molecule has 1 N–H and O–H groups in total. The standard InChI is InChI=1S/C31H32N4O4/c36-29(37)28-27-17-9-16-26(35(27)30(38)32-19-18-22-10-7-8-11-23(22)20-32)21-33(28)31(39)34(24-12-3-1-4-13-24)25-14-5-2-6-15-25/h1-8,10-15,26-28H,9,16-21H2,(H,36,37)/t26-,27+,28-/m0/s1. The van der Waals surface area contributed by atoms with Gasteiger partial charge >= 0.3 is 18.0 Å². The van der Waals surface area contributed by atoms with Crippen molar-refractivity contribution in [1.29, 1.82) is 0 Å². The molecular formula is C31H32N4O4. The molecule has 3 aliphatic heterocycles. The highest BCUT2D eigenvalue weighted by Crippen LogP contribution is 2.37. The van der Waals surface area contributed by atoms with E-state index in [1.165, 1.54) is 10.5 Å². The second-order valence-electron chi connectivity index (χ2n) is 10.5. The Hall–Kier alpha value is -4.33. The van der Waals surface area contributed by atoms with Crippen molar-refractivity contribution in [2.45, 2.75) is 50.4 Å². The lowest BCUT2D eigenvalue weighted by molar-refractivity contribution is -0.148. The molecule has 4 amide bonds. The third-order valence-electron chi connectivity index (χ3n) is 8.24. The van der Waals surface area contributed by atoms with Gasteiger partial charge in [-0.3, -0.25) is 4.90 Å². The van der Waals surface area contributed by atoms with Crippen LogP contribution < -0.4 is 4.90 Å². The van der Waals surface area contributed by atoms with Crippen LogP contribution >= 0.6 is 0 Å². The lowest BCUT2D eigenvalue weighted by atomic mass is 9.86. The summed E-state index contributed by atoms with van der Waals surface area (Å²) in [6.45, 7) is 1.29. The van der Waals surface area contributed by atoms with E-state index < -0.39 is 24.1 Å². The number of nitrogens with zero attached hydrogens (tertiary/aromatic N) is 4. The number of hydrogen-bond donors (Lipinski definition) is 1. The first kappa shape index (κ1) is 25.0. The van der Waals surface area contributed by atoms with Crippen LogP contribution in [0.3, 0.4) is 0 Å². The molecule has 3 atom stereocenters. The smallest absolute Gasteiger partial charge is 0.329 e. The van der Waals surface area contributed by atoms with E-state index in [0.29, 0.717) is 30.9 Å². The molecule has 2 saturated heterocycles. The maximum Gasteiger partial charge on any atom is 0.329 e. The predicted molar refractivity (Wildman–Crippen MR) is 148 cm³/mol. The van der Waals surface area contributed by atoms with Gasteiger partial charge in [0.2, 0.25) is 0 Å². The van der Waals surface area contributed by atoms with E-state index in [-0.39, 0.29) is 18.6 Å². The van der Waals surface area contributed by atoms with Gasteiger partial charge in [0.1, 0.15) is 0 Å². The Morgan fingerprint density at radius 2 is 1.41 bits per heavy atom. The molecule has 0 aromatic heterocycles. The van der Waals surface area contributed by atoms with Gasteiger partial charge in [-0.05, 0) is 61.1 Å². The number of carbonyl (C=O) groups excluding carboxylic acids is 2. The molecule has 2 bridgehead atoms. The van der Waals surface area contributed by atoms with Crippen molar-refractivity contribution < 1.29 is 19.5 Å². The number of amides is 4. The van der Waals surface area contributed by atoms with Gasteiger partial charge in [0.15, 0.2) is 6.04 Å². The van der Waals surface area contributed by atoms with Crippen LogP contribution in [-0.2, 0) is 17.8 Å². The molecule has 3 aliphatic rings. The fraction of sp³-hybridized carbons (Fsp3) is 0.323. The zero-order chi connectivity index (χ0) is 26.9. The summed E-state index contributed by atoms with van der Waals surface area (Å²) in [5.41, 5.74) is 3.71. The quantitative estimate of drug-likeness (QED) is 0.516. The molecule has 200 valence electrons. The molecule has 8 nitrogen and oxygen atoms in total.